The van der Waals surface area contributed by atoms with Crippen molar-refractivity contribution in [3.63, 3.8) is 0 Å². The zero-order chi connectivity index (χ0) is 15.6. The Kier molecular flexibility index (Phi) is 3.48. The number of carbonyl (C=O) groups excluding carboxylic acids is 1. The monoisotopic (exact) mass is 320 g/mol. The van der Waals surface area contributed by atoms with Gasteiger partial charge in [0.15, 0.2) is 0 Å². The van der Waals surface area contributed by atoms with E-state index in [4.69, 9.17) is 4.74 Å². The summed E-state index contributed by atoms with van der Waals surface area (Å²) in [6, 6.07) is 13.3. The van der Waals surface area contributed by atoms with Crippen molar-refractivity contribution >= 4 is 38.4 Å². The summed E-state index contributed by atoms with van der Waals surface area (Å²) in [5, 5.41) is 3.17. The topological polar surface area (TPSA) is 52.1 Å². The molecule has 2 aromatic carbocycles. The molecule has 0 radical (unpaired) electrons. The number of ether oxygens (including phenoxy) is 1. The molecule has 4 rings (SSSR count). The van der Waals surface area contributed by atoms with Crippen molar-refractivity contribution in [3.8, 4) is 0 Å². The van der Waals surface area contributed by atoms with Gasteiger partial charge in [-0.15, -0.1) is 11.3 Å². The number of thiophene rings is 1. The second kappa shape index (κ2) is 5.78. The van der Waals surface area contributed by atoms with Gasteiger partial charge in [0.2, 0.25) is 0 Å². The lowest BCUT2D eigenvalue weighted by molar-refractivity contribution is 0.0475. The molecule has 0 saturated carbocycles. The van der Waals surface area contributed by atoms with Gasteiger partial charge in [-0.1, -0.05) is 18.2 Å². The van der Waals surface area contributed by atoms with Gasteiger partial charge in [0.25, 0.3) is 0 Å². The number of fused-ring (bicyclic) bond motifs is 2. The highest BCUT2D eigenvalue weighted by Gasteiger charge is 2.11. The van der Waals surface area contributed by atoms with Crippen molar-refractivity contribution in [2.75, 3.05) is 0 Å². The Hall–Kier alpha value is -2.79. The smallest absolute Gasteiger partial charge is 0.338 e. The van der Waals surface area contributed by atoms with Crippen molar-refractivity contribution in [2.45, 2.75) is 6.61 Å². The Morgan fingerprint density at radius 1 is 1.04 bits per heavy atom. The van der Waals surface area contributed by atoms with Crippen molar-refractivity contribution in [1.29, 1.82) is 0 Å². The molecular formula is C18H12N2O2S. The van der Waals surface area contributed by atoms with E-state index in [1.165, 1.54) is 4.70 Å². The standard InChI is InChI=1S/C18H12N2O2S/c21-18(12-5-6-15-16(9-12)20-8-7-19-15)22-10-13-11-23-17-4-2-1-3-14(13)17/h1-9,11H,10H2. The van der Waals surface area contributed by atoms with Crippen LogP contribution in [0.3, 0.4) is 0 Å². The van der Waals surface area contributed by atoms with Crippen LogP contribution in [-0.4, -0.2) is 15.9 Å². The fraction of sp³-hybridized carbons (Fsp3) is 0.0556. The highest BCUT2D eigenvalue weighted by atomic mass is 32.1. The molecule has 5 heteroatoms. The SMILES string of the molecule is O=C(OCc1csc2ccccc12)c1ccc2nccnc2c1. The van der Waals surface area contributed by atoms with Crippen molar-refractivity contribution in [3.05, 3.63) is 71.4 Å². The fourth-order valence-electron chi connectivity index (χ4n) is 2.46. The van der Waals surface area contributed by atoms with Crippen molar-refractivity contribution in [2.24, 2.45) is 0 Å². The average Bonchev–Trinajstić information content (AvgIpc) is 3.02. The van der Waals surface area contributed by atoms with Crippen LogP contribution in [0.15, 0.2) is 60.2 Å². The van der Waals surface area contributed by atoms with E-state index in [0.717, 1.165) is 16.5 Å². The van der Waals surface area contributed by atoms with E-state index in [1.54, 1.807) is 41.9 Å². The molecule has 23 heavy (non-hydrogen) atoms. The van der Waals surface area contributed by atoms with Crippen LogP contribution in [0.1, 0.15) is 15.9 Å². The van der Waals surface area contributed by atoms with Gasteiger partial charge in [0.05, 0.1) is 16.6 Å². The lowest BCUT2D eigenvalue weighted by Gasteiger charge is -2.05. The predicted molar refractivity (Wildman–Crippen MR) is 90.5 cm³/mol. The number of esters is 1. The summed E-state index contributed by atoms with van der Waals surface area (Å²) in [7, 11) is 0. The third-order valence-corrected chi connectivity index (χ3v) is 4.64. The van der Waals surface area contributed by atoms with Crippen LogP contribution >= 0.6 is 11.3 Å². The van der Waals surface area contributed by atoms with Crippen LogP contribution < -0.4 is 0 Å². The highest BCUT2D eigenvalue weighted by Crippen LogP contribution is 2.26. The van der Waals surface area contributed by atoms with Crippen molar-refractivity contribution in [1.82, 2.24) is 9.97 Å². The molecule has 0 aliphatic heterocycles. The number of carbonyl (C=O) groups is 1. The number of rotatable bonds is 3. The van der Waals surface area contributed by atoms with Gasteiger partial charge in [-0.2, -0.15) is 0 Å². The first-order valence-corrected chi connectivity index (χ1v) is 8.02. The van der Waals surface area contributed by atoms with E-state index >= 15 is 0 Å². The number of benzene rings is 2. The lowest BCUT2D eigenvalue weighted by Crippen LogP contribution is -2.05. The van der Waals surface area contributed by atoms with E-state index in [1.807, 2.05) is 23.6 Å². The predicted octanol–water partition coefficient (Wildman–Crippen LogP) is 4.20. The first-order chi connectivity index (χ1) is 11.3. The van der Waals surface area contributed by atoms with Gasteiger partial charge in [0.1, 0.15) is 6.61 Å². The molecule has 2 heterocycles. The normalized spacial score (nSPS) is 11.0. The first kappa shape index (κ1) is 13.8. The van der Waals surface area contributed by atoms with E-state index in [2.05, 4.69) is 16.0 Å². The maximum Gasteiger partial charge on any atom is 0.338 e. The molecule has 0 unspecified atom stereocenters. The summed E-state index contributed by atoms with van der Waals surface area (Å²) in [6.45, 7) is 0.265. The van der Waals surface area contributed by atoms with Crippen LogP contribution in [0.4, 0.5) is 0 Å². The minimum Gasteiger partial charge on any atom is -0.457 e. The highest BCUT2D eigenvalue weighted by molar-refractivity contribution is 7.17. The molecule has 0 bridgehead atoms. The van der Waals surface area contributed by atoms with Gasteiger partial charge < -0.3 is 4.74 Å². The summed E-state index contributed by atoms with van der Waals surface area (Å²) in [4.78, 5) is 20.6. The maximum atomic E-state index is 12.3. The van der Waals surface area contributed by atoms with E-state index in [0.29, 0.717) is 11.1 Å². The molecule has 0 aliphatic carbocycles. The number of aromatic nitrogens is 2. The maximum absolute atomic E-state index is 12.3. The second-order valence-corrected chi connectivity index (χ2v) is 6.00. The Morgan fingerprint density at radius 3 is 2.78 bits per heavy atom. The minimum absolute atomic E-state index is 0.265. The molecule has 2 aromatic heterocycles. The van der Waals surface area contributed by atoms with Crippen LogP contribution in [-0.2, 0) is 11.3 Å². The Morgan fingerprint density at radius 2 is 1.87 bits per heavy atom. The zero-order valence-corrected chi connectivity index (χ0v) is 12.9. The van der Waals surface area contributed by atoms with Crippen LogP contribution in [0.5, 0.6) is 0 Å². The molecule has 0 N–H and O–H groups in total. The fourth-order valence-corrected chi connectivity index (χ4v) is 3.41. The number of nitrogens with zero attached hydrogens (tertiary/aromatic N) is 2. The molecule has 0 amide bonds. The molecular weight excluding hydrogens is 308 g/mol. The lowest BCUT2D eigenvalue weighted by atomic mass is 10.2. The molecule has 4 nitrogen and oxygen atoms in total. The summed E-state index contributed by atoms with van der Waals surface area (Å²) >= 11 is 1.65. The van der Waals surface area contributed by atoms with Gasteiger partial charge >= 0.3 is 5.97 Å². The largest absolute Gasteiger partial charge is 0.457 e. The summed E-state index contributed by atoms with van der Waals surface area (Å²) < 4.78 is 6.64. The summed E-state index contributed by atoms with van der Waals surface area (Å²) in [5.41, 5.74) is 2.95. The number of hydrogen-bond acceptors (Lipinski definition) is 5. The summed E-state index contributed by atoms with van der Waals surface area (Å²) in [5.74, 6) is -0.354. The van der Waals surface area contributed by atoms with Crippen LogP contribution in [0.2, 0.25) is 0 Å². The van der Waals surface area contributed by atoms with Gasteiger partial charge in [0, 0.05) is 22.7 Å². The van der Waals surface area contributed by atoms with Crippen LogP contribution in [0.25, 0.3) is 21.1 Å². The average molecular weight is 320 g/mol. The molecule has 0 atom stereocenters. The third kappa shape index (κ3) is 2.66. The van der Waals surface area contributed by atoms with E-state index < -0.39 is 0 Å². The second-order valence-electron chi connectivity index (χ2n) is 5.09. The Labute approximate surface area is 136 Å². The molecule has 0 saturated heterocycles. The molecule has 0 aliphatic rings. The Balaban J connectivity index is 1.55. The zero-order valence-electron chi connectivity index (χ0n) is 12.1. The van der Waals surface area contributed by atoms with Gasteiger partial charge in [-0.3, -0.25) is 9.97 Å². The number of hydrogen-bond donors (Lipinski definition) is 0. The van der Waals surface area contributed by atoms with Gasteiger partial charge in [-0.05, 0) is 35.0 Å². The van der Waals surface area contributed by atoms with Gasteiger partial charge in [-0.25, -0.2) is 4.79 Å². The first-order valence-electron chi connectivity index (χ1n) is 7.14. The van der Waals surface area contributed by atoms with E-state index in [9.17, 15) is 4.79 Å². The van der Waals surface area contributed by atoms with E-state index in [-0.39, 0.29) is 12.6 Å². The molecule has 4 aromatic rings. The van der Waals surface area contributed by atoms with Crippen LogP contribution in [0, 0.1) is 0 Å². The quantitative estimate of drug-likeness (QED) is 0.531. The summed E-state index contributed by atoms with van der Waals surface area (Å²) in [6.07, 6.45) is 3.23. The Bertz CT molecular complexity index is 1010. The minimum atomic E-state index is -0.354. The van der Waals surface area contributed by atoms with Crippen molar-refractivity contribution < 1.29 is 9.53 Å². The molecule has 112 valence electrons. The third-order valence-electron chi connectivity index (χ3n) is 3.62. The molecule has 0 spiro atoms. The molecule has 0 fully saturated rings.